The molecule has 2 saturated heterocycles. The summed E-state index contributed by atoms with van der Waals surface area (Å²) >= 11 is 0. The van der Waals surface area contributed by atoms with Gasteiger partial charge in [0.2, 0.25) is 0 Å². The summed E-state index contributed by atoms with van der Waals surface area (Å²) in [7, 11) is 1.65. The molecule has 2 unspecified atom stereocenters. The number of anilines is 2. The highest BCUT2D eigenvalue weighted by atomic mass is 16.5. The molecule has 2 atom stereocenters. The molecule has 6 nitrogen and oxygen atoms in total. The number of methoxy groups -OCH3 is 1. The fourth-order valence-electron chi connectivity index (χ4n) is 4.81. The summed E-state index contributed by atoms with van der Waals surface area (Å²) in [5.41, 5.74) is 1.67. The maximum atomic E-state index is 12.7. The highest BCUT2D eigenvalue weighted by Gasteiger charge is 2.38. The van der Waals surface area contributed by atoms with E-state index in [4.69, 9.17) is 9.47 Å². The van der Waals surface area contributed by atoms with Gasteiger partial charge in [0.25, 0.3) is 0 Å². The fraction of sp³-hybridized carbons (Fsp3) is 0.667. The lowest BCUT2D eigenvalue weighted by Crippen LogP contribution is -2.48. The van der Waals surface area contributed by atoms with Crippen molar-refractivity contribution in [3.63, 3.8) is 0 Å². The van der Waals surface area contributed by atoms with E-state index in [9.17, 15) is 4.79 Å². The molecule has 148 valence electrons. The van der Waals surface area contributed by atoms with Gasteiger partial charge in [0.15, 0.2) is 0 Å². The van der Waals surface area contributed by atoms with Crippen LogP contribution in [0.25, 0.3) is 0 Å². The molecule has 3 aliphatic rings. The van der Waals surface area contributed by atoms with Crippen LogP contribution >= 0.6 is 0 Å². The Labute approximate surface area is 161 Å². The first-order valence-electron chi connectivity index (χ1n) is 10.1. The summed E-state index contributed by atoms with van der Waals surface area (Å²) in [6, 6.07) is 6.00. The molecule has 0 radical (unpaired) electrons. The molecule has 0 aromatic heterocycles. The van der Waals surface area contributed by atoms with E-state index in [1.807, 2.05) is 17.0 Å². The van der Waals surface area contributed by atoms with Crippen LogP contribution in [0.3, 0.4) is 0 Å². The summed E-state index contributed by atoms with van der Waals surface area (Å²) in [4.78, 5) is 17.0. The summed E-state index contributed by atoms with van der Waals surface area (Å²) in [5, 5.41) is 3.06. The zero-order valence-corrected chi connectivity index (χ0v) is 16.7. The minimum absolute atomic E-state index is 0.0112. The molecule has 1 saturated carbocycles. The predicted molar refractivity (Wildman–Crippen MR) is 107 cm³/mol. The Kier molecular flexibility index (Phi) is 4.93. The van der Waals surface area contributed by atoms with Gasteiger partial charge in [-0.25, -0.2) is 4.79 Å². The quantitative estimate of drug-likeness (QED) is 0.880. The van der Waals surface area contributed by atoms with Crippen LogP contribution in [0.15, 0.2) is 18.2 Å². The van der Waals surface area contributed by atoms with Gasteiger partial charge >= 0.3 is 6.03 Å². The van der Waals surface area contributed by atoms with Crippen LogP contribution in [0.2, 0.25) is 0 Å². The second-order valence-electron chi connectivity index (χ2n) is 8.70. The first-order chi connectivity index (χ1) is 12.9. The van der Waals surface area contributed by atoms with Crippen molar-refractivity contribution in [2.24, 2.45) is 11.8 Å². The van der Waals surface area contributed by atoms with Crippen molar-refractivity contribution in [2.75, 3.05) is 50.1 Å². The van der Waals surface area contributed by atoms with E-state index >= 15 is 0 Å². The van der Waals surface area contributed by atoms with Crippen molar-refractivity contribution in [1.29, 1.82) is 0 Å². The molecule has 6 heteroatoms. The van der Waals surface area contributed by atoms with Gasteiger partial charge in [0.1, 0.15) is 5.75 Å². The first kappa shape index (κ1) is 18.4. The molecule has 2 heterocycles. The number of nitrogens with zero attached hydrogens (tertiary/aromatic N) is 2. The third-order valence-electron chi connectivity index (χ3n) is 6.23. The Hall–Kier alpha value is -1.95. The summed E-state index contributed by atoms with van der Waals surface area (Å²) in [6.45, 7) is 8.39. The zero-order chi connectivity index (χ0) is 19.0. The van der Waals surface area contributed by atoms with Crippen LogP contribution in [-0.2, 0) is 4.74 Å². The number of hydrogen-bond acceptors (Lipinski definition) is 4. The van der Waals surface area contributed by atoms with E-state index in [0.29, 0.717) is 24.2 Å². The third-order valence-corrected chi connectivity index (χ3v) is 6.23. The summed E-state index contributed by atoms with van der Waals surface area (Å²) in [6.07, 6.45) is 3.85. The molecule has 1 N–H and O–H groups in total. The maximum Gasteiger partial charge on any atom is 0.321 e. The van der Waals surface area contributed by atoms with Crippen molar-refractivity contribution in [1.82, 2.24) is 4.90 Å². The smallest absolute Gasteiger partial charge is 0.321 e. The minimum atomic E-state index is -0.161. The predicted octanol–water partition coefficient (Wildman–Crippen LogP) is 3.57. The summed E-state index contributed by atoms with van der Waals surface area (Å²) in [5.74, 6) is 2.10. The standard InChI is InChI=1S/C21H31N3O3/c1-21(2)14-23(9-10-27-21)17-7-8-18(19(11-17)26-3)22-20(25)24-12-15-5-4-6-16(15)13-24/h7-8,11,15-16H,4-6,9-10,12-14H2,1-3H3,(H,22,25). The van der Waals surface area contributed by atoms with Gasteiger partial charge < -0.3 is 24.6 Å². The molecule has 2 amide bonds. The molecule has 0 spiro atoms. The Morgan fingerprint density at radius 1 is 1.26 bits per heavy atom. The topological polar surface area (TPSA) is 54.0 Å². The third kappa shape index (κ3) is 3.86. The van der Waals surface area contributed by atoms with E-state index in [-0.39, 0.29) is 11.6 Å². The number of morpholine rings is 1. The van der Waals surface area contributed by atoms with Crippen LogP contribution in [0.1, 0.15) is 33.1 Å². The average molecular weight is 373 g/mol. The van der Waals surface area contributed by atoms with Crippen LogP contribution in [0.5, 0.6) is 5.75 Å². The van der Waals surface area contributed by atoms with Gasteiger partial charge in [-0.2, -0.15) is 0 Å². The number of carbonyl (C=O) groups is 1. The number of nitrogens with one attached hydrogen (secondary N) is 1. The van der Waals surface area contributed by atoms with Crippen molar-refractivity contribution in [3.05, 3.63) is 18.2 Å². The van der Waals surface area contributed by atoms with Gasteiger partial charge in [0.05, 0.1) is 25.0 Å². The van der Waals surface area contributed by atoms with Gasteiger partial charge in [-0.05, 0) is 50.7 Å². The lowest BCUT2D eigenvalue weighted by Gasteiger charge is -2.39. The fourth-order valence-corrected chi connectivity index (χ4v) is 4.81. The Morgan fingerprint density at radius 3 is 2.67 bits per heavy atom. The molecule has 1 aromatic rings. The number of urea groups is 1. The molecular weight excluding hydrogens is 342 g/mol. The maximum absolute atomic E-state index is 12.7. The summed E-state index contributed by atoms with van der Waals surface area (Å²) < 4.78 is 11.4. The van der Waals surface area contributed by atoms with Crippen LogP contribution in [-0.4, -0.2) is 56.4 Å². The number of ether oxygens (including phenoxy) is 2. The molecule has 27 heavy (non-hydrogen) atoms. The first-order valence-corrected chi connectivity index (χ1v) is 10.1. The van der Waals surface area contributed by atoms with E-state index in [2.05, 4.69) is 30.1 Å². The average Bonchev–Trinajstić information content (AvgIpc) is 3.23. The lowest BCUT2D eigenvalue weighted by molar-refractivity contribution is -0.0277. The van der Waals surface area contributed by atoms with E-state index < -0.39 is 0 Å². The Balaban J connectivity index is 1.44. The van der Waals surface area contributed by atoms with Gasteiger partial charge in [-0.3, -0.25) is 0 Å². The van der Waals surface area contributed by atoms with Gasteiger partial charge in [-0.15, -0.1) is 0 Å². The van der Waals surface area contributed by atoms with Crippen molar-refractivity contribution in [3.8, 4) is 5.75 Å². The van der Waals surface area contributed by atoms with E-state index in [0.717, 1.165) is 37.6 Å². The minimum Gasteiger partial charge on any atom is -0.494 e. The molecule has 1 aliphatic carbocycles. The van der Waals surface area contributed by atoms with Crippen LogP contribution < -0.4 is 15.0 Å². The van der Waals surface area contributed by atoms with Crippen LogP contribution in [0.4, 0.5) is 16.2 Å². The zero-order valence-electron chi connectivity index (χ0n) is 16.7. The monoisotopic (exact) mass is 373 g/mol. The molecule has 1 aromatic carbocycles. The largest absolute Gasteiger partial charge is 0.494 e. The van der Waals surface area contributed by atoms with Crippen molar-refractivity contribution < 1.29 is 14.3 Å². The molecule has 4 rings (SSSR count). The molecule has 2 aliphatic heterocycles. The Morgan fingerprint density at radius 2 is 2.00 bits per heavy atom. The van der Waals surface area contributed by atoms with Gasteiger partial charge in [-0.1, -0.05) is 6.42 Å². The number of benzene rings is 1. The molecule has 3 fully saturated rings. The number of amides is 2. The van der Waals surface area contributed by atoms with Gasteiger partial charge in [0, 0.05) is 37.9 Å². The highest BCUT2D eigenvalue weighted by Crippen LogP contribution is 2.38. The highest BCUT2D eigenvalue weighted by molar-refractivity contribution is 5.91. The van der Waals surface area contributed by atoms with E-state index in [1.165, 1.54) is 19.3 Å². The number of rotatable bonds is 3. The van der Waals surface area contributed by atoms with Crippen LogP contribution in [0, 0.1) is 11.8 Å². The number of carbonyl (C=O) groups excluding carboxylic acids is 1. The van der Waals surface area contributed by atoms with E-state index in [1.54, 1.807) is 7.11 Å². The number of fused-ring (bicyclic) bond motifs is 1. The lowest BCUT2D eigenvalue weighted by atomic mass is 10.0. The second-order valence-corrected chi connectivity index (χ2v) is 8.70. The second kappa shape index (κ2) is 7.23. The Bertz CT molecular complexity index is 694. The normalized spacial score (nSPS) is 26.8. The number of hydrogen-bond donors (Lipinski definition) is 1. The molecule has 0 bridgehead atoms. The van der Waals surface area contributed by atoms with Crippen molar-refractivity contribution >= 4 is 17.4 Å². The SMILES string of the molecule is COc1cc(N2CCOC(C)(C)C2)ccc1NC(=O)N1CC2CCCC2C1. The molecular formula is C21H31N3O3. The number of likely N-dealkylation sites (tertiary alicyclic amines) is 1. The van der Waals surface area contributed by atoms with Crippen molar-refractivity contribution in [2.45, 2.75) is 38.7 Å².